The van der Waals surface area contributed by atoms with Crippen LogP contribution < -0.4 is 9.64 Å². The number of ether oxygens (including phenoxy) is 3. The summed E-state index contributed by atoms with van der Waals surface area (Å²) in [5, 5.41) is 9.40. The number of benzene rings is 1. The van der Waals surface area contributed by atoms with E-state index in [1.54, 1.807) is 20.8 Å². The van der Waals surface area contributed by atoms with E-state index in [1.807, 2.05) is 0 Å². The largest absolute Gasteiger partial charge is 0.489 e. The van der Waals surface area contributed by atoms with Gasteiger partial charge in [-0.25, -0.2) is 18.0 Å². The maximum atomic E-state index is 13.2. The number of amides is 2. The van der Waals surface area contributed by atoms with Crippen molar-refractivity contribution in [2.24, 2.45) is 0 Å². The Balaban J connectivity index is 1.48. The molecule has 32 heavy (non-hydrogen) atoms. The van der Waals surface area contributed by atoms with E-state index in [1.165, 1.54) is 32.3 Å². The monoisotopic (exact) mass is 469 g/mol. The molecule has 2 fully saturated rings. The molecular formula is C20H27N3O8S. The molecule has 0 unspecified atom stereocenters. The van der Waals surface area contributed by atoms with Gasteiger partial charge in [0, 0.05) is 32.2 Å². The summed E-state index contributed by atoms with van der Waals surface area (Å²) in [6.07, 6.45) is -1.77. The van der Waals surface area contributed by atoms with Gasteiger partial charge >= 0.3 is 12.2 Å². The number of rotatable bonds is 3. The second-order valence-electron chi connectivity index (χ2n) is 8.85. The Labute approximate surface area is 186 Å². The summed E-state index contributed by atoms with van der Waals surface area (Å²) in [6.45, 7) is 5.80. The summed E-state index contributed by atoms with van der Waals surface area (Å²) in [5.41, 5.74) is -0.225. The highest BCUT2D eigenvalue weighted by molar-refractivity contribution is 7.89. The molecule has 0 spiro atoms. The summed E-state index contributed by atoms with van der Waals surface area (Å²) in [7, 11) is -3.83. The predicted octanol–water partition coefficient (Wildman–Crippen LogP) is 1.01. The van der Waals surface area contributed by atoms with Crippen LogP contribution in [0.1, 0.15) is 20.8 Å². The van der Waals surface area contributed by atoms with Crippen LogP contribution in [0.3, 0.4) is 0 Å². The maximum absolute atomic E-state index is 13.2. The van der Waals surface area contributed by atoms with Crippen LogP contribution in [0.2, 0.25) is 0 Å². The summed E-state index contributed by atoms with van der Waals surface area (Å²) < 4.78 is 43.8. The standard InChI is InChI=1S/C20H27N3O8S/c1-20(2,3)31-18(25)21-6-8-22(9-7-21)32(27,28)13-4-5-14-16(10-13)29-12-15-17(11-24)30-19(26)23(14)15/h4-5,10,15,17,24H,6-9,11-12H2,1-3H3/t15-,17+/m1/s1. The number of fused-ring (bicyclic) bond motifs is 3. The molecule has 2 amide bonds. The number of carbonyl (C=O) groups excluding carboxylic acids is 2. The molecular weight excluding hydrogens is 442 g/mol. The second kappa shape index (κ2) is 8.09. The van der Waals surface area contributed by atoms with E-state index < -0.39 is 40.0 Å². The molecule has 4 rings (SSSR count). The average molecular weight is 470 g/mol. The van der Waals surface area contributed by atoms with Crippen molar-refractivity contribution in [2.75, 3.05) is 44.3 Å². The average Bonchev–Trinajstić information content (AvgIpc) is 3.08. The van der Waals surface area contributed by atoms with Crippen molar-refractivity contribution in [3.63, 3.8) is 0 Å². The van der Waals surface area contributed by atoms with Gasteiger partial charge in [-0.1, -0.05) is 0 Å². The van der Waals surface area contributed by atoms with Gasteiger partial charge < -0.3 is 24.2 Å². The number of aliphatic hydroxyl groups is 1. The smallest absolute Gasteiger partial charge is 0.415 e. The van der Waals surface area contributed by atoms with Gasteiger partial charge in [0.05, 0.1) is 17.2 Å². The first kappa shape index (κ1) is 22.6. The summed E-state index contributed by atoms with van der Waals surface area (Å²) in [4.78, 5) is 27.3. The van der Waals surface area contributed by atoms with Crippen molar-refractivity contribution in [3.05, 3.63) is 18.2 Å². The zero-order valence-electron chi connectivity index (χ0n) is 18.2. The topological polar surface area (TPSA) is 126 Å². The number of piperazine rings is 1. The van der Waals surface area contributed by atoms with Crippen LogP contribution in [0, 0.1) is 0 Å². The van der Waals surface area contributed by atoms with E-state index in [4.69, 9.17) is 14.2 Å². The van der Waals surface area contributed by atoms with Crippen LogP contribution in [0.25, 0.3) is 0 Å². The van der Waals surface area contributed by atoms with Crippen molar-refractivity contribution in [1.29, 1.82) is 0 Å². The third kappa shape index (κ3) is 4.09. The minimum atomic E-state index is -3.83. The molecule has 0 radical (unpaired) electrons. The fraction of sp³-hybridized carbons (Fsp3) is 0.600. The highest BCUT2D eigenvalue weighted by atomic mass is 32.2. The van der Waals surface area contributed by atoms with Crippen molar-refractivity contribution in [1.82, 2.24) is 9.21 Å². The van der Waals surface area contributed by atoms with Gasteiger partial charge in [-0.2, -0.15) is 4.31 Å². The van der Waals surface area contributed by atoms with Gasteiger partial charge in [0.2, 0.25) is 10.0 Å². The minimum Gasteiger partial charge on any atom is -0.489 e. The number of hydrogen-bond donors (Lipinski definition) is 1. The zero-order chi connectivity index (χ0) is 23.3. The van der Waals surface area contributed by atoms with Crippen molar-refractivity contribution in [2.45, 2.75) is 43.4 Å². The number of sulfonamides is 1. The van der Waals surface area contributed by atoms with E-state index in [-0.39, 0.29) is 50.0 Å². The maximum Gasteiger partial charge on any atom is 0.415 e. The van der Waals surface area contributed by atoms with Crippen molar-refractivity contribution in [3.8, 4) is 5.75 Å². The molecule has 11 nitrogen and oxygen atoms in total. The molecule has 176 valence electrons. The number of anilines is 1. The van der Waals surface area contributed by atoms with Gasteiger partial charge in [0.25, 0.3) is 0 Å². The Morgan fingerprint density at radius 3 is 2.53 bits per heavy atom. The first-order chi connectivity index (χ1) is 15.0. The Morgan fingerprint density at radius 2 is 1.91 bits per heavy atom. The molecule has 0 aromatic heterocycles. The van der Waals surface area contributed by atoms with Gasteiger partial charge in [-0.3, -0.25) is 4.90 Å². The quantitative estimate of drug-likeness (QED) is 0.695. The predicted molar refractivity (Wildman–Crippen MR) is 112 cm³/mol. The van der Waals surface area contributed by atoms with E-state index in [0.29, 0.717) is 5.69 Å². The summed E-state index contributed by atoms with van der Waals surface area (Å²) >= 11 is 0. The fourth-order valence-electron chi connectivity index (χ4n) is 3.92. The first-order valence-electron chi connectivity index (χ1n) is 10.4. The molecule has 3 heterocycles. The Morgan fingerprint density at radius 1 is 1.22 bits per heavy atom. The lowest BCUT2D eigenvalue weighted by atomic mass is 10.1. The molecule has 2 saturated heterocycles. The van der Waals surface area contributed by atoms with Gasteiger partial charge in [-0.15, -0.1) is 0 Å². The fourth-order valence-corrected chi connectivity index (χ4v) is 5.35. The molecule has 3 aliphatic heterocycles. The normalized spacial score (nSPS) is 23.8. The van der Waals surface area contributed by atoms with Gasteiger partial charge in [0.15, 0.2) is 6.10 Å². The van der Waals surface area contributed by atoms with Crippen LogP contribution >= 0.6 is 0 Å². The molecule has 1 aromatic carbocycles. The highest BCUT2D eigenvalue weighted by Gasteiger charge is 2.46. The van der Waals surface area contributed by atoms with E-state index in [0.717, 1.165) is 0 Å². The van der Waals surface area contributed by atoms with Crippen LogP contribution in [-0.4, -0.2) is 92.1 Å². The Hall–Kier alpha value is -2.57. The minimum absolute atomic E-state index is 0.0340. The molecule has 12 heteroatoms. The third-order valence-corrected chi connectivity index (χ3v) is 7.41. The third-order valence-electron chi connectivity index (χ3n) is 5.52. The molecule has 2 atom stereocenters. The number of cyclic esters (lactones) is 1. The first-order valence-corrected chi connectivity index (χ1v) is 11.8. The molecule has 1 N–H and O–H groups in total. The lowest BCUT2D eigenvalue weighted by Crippen LogP contribution is -2.51. The van der Waals surface area contributed by atoms with Crippen LogP contribution in [0.4, 0.5) is 15.3 Å². The lowest BCUT2D eigenvalue weighted by molar-refractivity contribution is 0.0192. The molecule has 0 aliphatic carbocycles. The Kier molecular flexibility index (Phi) is 5.72. The SMILES string of the molecule is CC(C)(C)OC(=O)N1CCN(S(=O)(=O)c2ccc3c(c2)OC[C@@H]2[C@H](CO)OC(=O)N32)CC1. The summed E-state index contributed by atoms with van der Waals surface area (Å²) in [6, 6.07) is 3.84. The van der Waals surface area contributed by atoms with E-state index >= 15 is 0 Å². The van der Waals surface area contributed by atoms with Crippen LogP contribution in [-0.2, 0) is 19.5 Å². The number of hydrogen-bond acceptors (Lipinski definition) is 8. The van der Waals surface area contributed by atoms with Crippen LogP contribution in [0.15, 0.2) is 23.1 Å². The molecule has 0 bridgehead atoms. The zero-order valence-corrected chi connectivity index (χ0v) is 19.0. The van der Waals surface area contributed by atoms with E-state index in [2.05, 4.69) is 0 Å². The van der Waals surface area contributed by atoms with Crippen molar-refractivity contribution < 1.29 is 37.3 Å². The molecule has 1 aromatic rings. The second-order valence-corrected chi connectivity index (χ2v) is 10.8. The number of nitrogens with zero attached hydrogens (tertiary/aromatic N) is 3. The number of aliphatic hydroxyl groups excluding tert-OH is 1. The van der Waals surface area contributed by atoms with Gasteiger partial charge in [0.1, 0.15) is 24.0 Å². The van der Waals surface area contributed by atoms with Crippen LogP contribution in [0.5, 0.6) is 5.75 Å². The van der Waals surface area contributed by atoms with Gasteiger partial charge in [-0.05, 0) is 32.9 Å². The lowest BCUT2D eigenvalue weighted by Gasteiger charge is -2.35. The highest BCUT2D eigenvalue weighted by Crippen LogP contribution is 2.40. The molecule has 3 aliphatic rings. The summed E-state index contributed by atoms with van der Waals surface area (Å²) in [5.74, 6) is 0.255. The number of carbonyl (C=O) groups is 2. The van der Waals surface area contributed by atoms with E-state index in [9.17, 15) is 23.1 Å². The Bertz CT molecular complexity index is 1010. The van der Waals surface area contributed by atoms with Crippen molar-refractivity contribution >= 4 is 27.9 Å². The molecule has 0 saturated carbocycles.